The summed E-state index contributed by atoms with van der Waals surface area (Å²) in [5.41, 5.74) is 2.76. The van der Waals surface area contributed by atoms with Gasteiger partial charge in [0.15, 0.2) is 18.9 Å². The van der Waals surface area contributed by atoms with Crippen molar-refractivity contribution in [3.05, 3.63) is 99.9 Å². The molecule has 0 bridgehead atoms. The first-order chi connectivity index (χ1) is 19.2. The third-order valence-electron chi connectivity index (χ3n) is 6.56. The van der Waals surface area contributed by atoms with Crippen molar-refractivity contribution in [2.24, 2.45) is 0 Å². The zero-order valence-electron chi connectivity index (χ0n) is 23.2. The summed E-state index contributed by atoms with van der Waals surface area (Å²) in [6.45, 7) is 2.86. The summed E-state index contributed by atoms with van der Waals surface area (Å²) >= 11 is 0. The van der Waals surface area contributed by atoms with E-state index < -0.39 is 15.0 Å². The van der Waals surface area contributed by atoms with Crippen LogP contribution in [-0.4, -0.2) is 17.9 Å². The Morgan fingerprint density at radius 3 is 1.75 bits per heavy atom. The van der Waals surface area contributed by atoms with Gasteiger partial charge in [-0.05, 0) is 42.7 Å². The van der Waals surface area contributed by atoms with Crippen LogP contribution in [0.2, 0.25) is 0 Å². The minimum Gasteiger partial charge on any atom is -0.744 e. The fourth-order valence-electron chi connectivity index (χ4n) is 4.21. The Morgan fingerprint density at radius 1 is 0.775 bits per heavy atom. The number of pyridine rings is 1. The average molecular weight is 566 g/mol. The van der Waals surface area contributed by atoms with E-state index in [4.69, 9.17) is 5.26 Å². The van der Waals surface area contributed by atoms with E-state index in [0.717, 1.165) is 24.0 Å². The molecule has 0 amide bonds. The molecule has 0 spiro atoms. The lowest BCUT2D eigenvalue weighted by molar-refractivity contribution is -0.688. The van der Waals surface area contributed by atoms with E-state index in [9.17, 15) is 23.1 Å². The standard InChI is InChI=1S/C18H30O3S.C13H10N3O2/c1-2-3-4-5-6-7-8-9-10-11-12-17-13-15-18(16-14-17)22(19,20)21;14-9-11-5-7-15(8-6-11)10-12-1-3-13(4-2-12)16(17)18/h13-16H,2-12H2,1H3,(H,19,20,21);1-8H,10H2/q;+1/p-1. The zero-order valence-corrected chi connectivity index (χ0v) is 24.0. The van der Waals surface area contributed by atoms with E-state index in [0.29, 0.717) is 12.1 Å². The molecule has 0 unspecified atom stereocenters. The number of aryl methyl sites for hydroxylation is 1. The molecule has 9 heteroatoms. The van der Waals surface area contributed by atoms with Crippen molar-refractivity contribution in [2.75, 3.05) is 0 Å². The number of nitriles is 1. The van der Waals surface area contributed by atoms with Crippen molar-refractivity contribution in [1.82, 2.24) is 0 Å². The highest BCUT2D eigenvalue weighted by atomic mass is 32.2. The molecule has 40 heavy (non-hydrogen) atoms. The van der Waals surface area contributed by atoms with Crippen molar-refractivity contribution < 1.29 is 22.5 Å². The van der Waals surface area contributed by atoms with Gasteiger partial charge in [0, 0.05) is 29.8 Å². The monoisotopic (exact) mass is 565 g/mol. The summed E-state index contributed by atoms with van der Waals surface area (Å²) < 4.78 is 34.4. The predicted octanol–water partition coefficient (Wildman–Crippen LogP) is 6.86. The highest BCUT2D eigenvalue weighted by Gasteiger charge is 2.07. The van der Waals surface area contributed by atoms with E-state index in [-0.39, 0.29) is 10.6 Å². The highest BCUT2D eigenvalue weighted by Crippen LogP contribution is 2.15. The van der Waals surface area contributed by atoms with Crippen LogP contribution in [0.5, 0.6) is 0 Å². The number of nitrogens with zero attached hydrogens (tertiary/aromatic N) is 3. The van der Waals surface area contributed by atoms with Crippen LogP contribution in [0.25, 0.3) is 0 Å². The number of nitro benzene ring substituents is 1. The van der Waals surface area contributed by atoms with E-state index in [2.05, 4.69) is 6.92 Å². The van der Waals surface area contributed by atoms with Gasteiger partial charge < -0.3 is 4.55 Å². The Morgan fingerprint density at radius 2 is 1.27 bits per heavy atom. The van der Waals surface area contributed by atoms with Gasteiger partial charge in [-0.15, -0.1) is 0 Å². The Hall–Kier alpha value is -3.61. The van der Waals surface area contributed by atoms with Crippen molar-refractivity contribution in [3.8, 4) is 6.07 Å². The van der Waals surface area contributed by atoms with Crippen molar-refractivity contribution >= 4 is 15.8 Å². The molecule has 0 aliphatic heterocycles. The fraction of sp³-hybridized carbons (Fsp3) is 0.419. The lowest BCUT2D eigenvalue weighted by atomic mass is 10.0. The fourth-order valence-corrected chi connectivity index (χ4v) is 4.68. The first kappa shape index (κ1) is 32.6. The van der Waals surface area contributed by atoms with Gasteiger partial charge in [-0.3, -0.25) is 10.1 Å². The summed E-state index contributed by atoms with van der Waals surface area (Å²) in [5, 5.41) is 19.2. The van der Waals surface area contributed by atoms with E-state index in [1.54, 1.807) is 48.8 Å². The SMILES string of the molecule is CCCCCCCCCCCCc1ccc(S(=O)(=O)[O-])cc1.N#Cc1cc[n+](Cc2ccc([N+](=O)[O-])cc2)cc1. The molecule has 8 nitrogen and oxygen atoms in total. The minimum absolute atomic E-state index is 0.0866. The number of unbranched alkanes of at least 4 members (excludes halogenated alkanes) is 9. The molecule has 2 aromatic carbocycles. The summed E-state index contributed by atoms with van der Waals surface area (Å²) in [4.78, 5) is 9.95. The number of benzene rings is 2. The van der Waals surface area contributed by atoms with Crippen LogP contribution in [0.15, 0.2) is 78.0 Å². The molecule has 3 aromatic rings. The molecule has 1 heterocycles. The van der Waals surface area contributed by atoms with Gasteiger partial charge in [0.05, 0.1) is 21.5 Å². The largest absolute Gasteiger partial charge is 0.744 e. The quantitative estimate of drug-likeness (QED) is 0.0651. The molecule has 0 aliphatic carbocycles. The second-order valence-electron chi connectivity index (χ2n) is 9.82. The molecule has 0 aliphatic rings. The summed E-state index contributed by atoms with van der Waals surface area (Å²) in [6.07, 6.45) is 17.7. The maximum Gasteiger partial charge on any atom is 0.269 e. The van der Waals surface area contributed by atoms with Crippen LogP contribution in [-0.2, 0) is 23.1 Å². The Bertz CT molecular complexity index is 1300. The molecule has 214 valence electrons. The average Bonchev–Trinajstić information content (AvgIpc) is 2.95. The molecular formula is C31H39N3O5S. The number of hydrogen-bond donors (Lipinski definition) is 0. The predicted molar refractivity (Wildman–Crippen MR) is 154 cm³/mol. The summed E-state index contributed by atoms with van der Waals surface area (Å²) in [5.74, 6) is 0. The molecule has 0 fully saturated rings. The molecule has 3 rings (SSSR count). The van der Waals surface area contributed by atoms with Gasteiger partial charge in [-0.1, -0.05) is 76.8 Å². The van der Waals surface area contributed by atoms with Gasteiger partial charge >= 0.3 is 0 Å². The summed E-state index contributed by atoms with van der Waals surface area (Å²) in [7, 11) is -4.31. The summed E-state index contributed by atoms with van der Waals surface area (Å²) in [6, 6.07) is 18.2. The third kappa shape index (κ3) is 13.0. The number of nitro groups is 1. The lowest BCUT2D eigenvalue weighted by Gasteiger charge is -2.08. The number of hydrogen-bond acceptors (Lipinski definition) is 6. The minimum atomic E-state index is -4.31. The first-order valence-electron chi connectivity index (χ1n) is 13.9. The normalized spacial score (nSPS) is 10.8. The van der Waals surface area contributed by atoms with Crippen LogP contribution in [0.4, 0.5) is 5.69 Å². The number of aromatic nitrogens is 1. The number of non-ortho nitro benzene ring substituents is 1. The van der Waals surface area contributed by atoms with Crippen LogP contribution in [0.1, 0.15) is 87.8 Å². The van der Waals surface area contributed by atoms with Crippen molar-refractivity contribution in [1.29, 1.82) is 5.26 Å². The first-order valence-corrected chi connectivity index (χ1v) is 15.3. The molecule has 0 saturated heterocycles. The van der Waals surface area contributed by atoms with Gasteiger partial charge in [0.1, 0.15) is 10.1 Å². The van der Waals surface area contributed by atoms with E-state index in [1.807, 2.05) is 10.6 Å². The van der Waals surface area contributed by atoms with Gasteiger partial charge in [0.2, 0.25) is 0 Å². The second-order valence-corrected chi connectivity index (χ2v) is 11.2. The third-order valence-corrected chi connectivity index (χ3v) is 7.41. The topological polar surface area (TPSA) is 128 Å². The van der Waals surface area contributed by atoms with Crippen LogP contribution >= 0.6 is 0 Å². The Labute approximate surface area is 238 Å². The number of rotatable bonds is 15. The molecular weight excluding hydrogens is 526 g/mol. The maximum absolute atomic E-state index is 10.8. The van der Waals surface area contributed by atoms with Crippen LogP contribution in [0, 0.1) is 21.4 Å². The Balaban J connectivity index is 0.000000285. The van der Waals surface area contributed by atoms with Crippen LogP contribution < -0.4 is 4.57 Å². The molecule has 0 atom stereocenters. The van der Waals surface area contributed by atoms with Gasteiger partial charge in [-0.25, -0.2) is 13.0 Å². The van der Waals surface area contributed by atoms with Crippen molar-refractivity contribution in [3.63, 3.8) is 0 Å². The zero-order chi connectivity index (χ0) is 29.2. The van der Waals surface area contributed by atoms with Gasteiger partial charge in [0.25, 0.3) is 5.69 Å². The van der Waals surface area contributed by atoms with E-state index >= 15 is 0 Å². The smallest absolute Gasteiger partial charge is 0.269 e. The van der Waals surface area contributed by atoms with Crippen LogP contribution in [0.3, 0.4) is 0 Å². The maximum atomic E-state index is 10.8. The van der Waals surface area contributed by atoms with Gasteiger partial charge in [-0.2, -0.15) is 5.26 Å². The molecule has 1 aromatic heterocycles. The second kappa shape index (κ2) is 17.9. The van der Waals surface area contributed by atoms with E-state index in [1.165, 1.54) is 82.1 Å². The highest BCUT2D eigenvalue weighted by molar-refractivity contribution is 7.85. The molecule has 0 N–H and O–H groups in total. The Kier molecular flexibility index (Phi) is 14.6. The van der Waals surface area contributed by atoms with Crippen molar-refractivity contribution in [2.45, 2.75) is 89.0 Å². The lowest BCUT2D eigenvalue weighted by Crippen LogP contribution is -2.33. The molecule has 0 radical (unpaired) electrons. The molecule has 0 saturated carbocycles.